The van der Waals surface area contributed by atoms with Gasteiger partial charge in [0.2, 0.25) is 0 Å². The molecule has 0 aliphatic heterocycles. The molecular formula is C13H13N3O5. The molecule has 0 fully saturated rings. The van der Waals surface area contributed by atoms with Crippen molar-refractivity contribution in [2.75, 3.05) is 19.0 Å². The quantitative estimate of drug-likeness (QED) is 0.614. The van der Waals surface area contributed by atoms with Gasteiger partial charge in [-0.3, -0.25) is 15.1 Å². The summed E-state index contributed by atoms with van der Waals surface area (Å²) in [7, 11) is 1.39. The number of anilines is 1. The molecular weight excluding hydrogens is 278 g/mol. The zero-order valence-electron chi connectivity index (χ0n) is 11.1. The van der Waals surface area contributed by atoms with E-state index in [0.717, 1.165) is 0 Å². The lowest BCUT2D eigenvalue weighted by Gasteiger charge is -2.16. The maximum absolute atomic E-state index is 11.1. The fourth-order valence-corrected chi connectivity index (χ4v) is 1.96. The number of hydrogen-bond acceptors (Lipinski definition) is 6. The standard InChI is InChI=1S/C13H13N3O5/c1-21-7-10(13(17)18)15-9-4-5-11(16(19)20)8-3-2-6-14-12(8)9/h2-6,10,15H,7H2,1H3,(H,17,18). The van der Waals surface area contributed by atoms with E-state index in [-0.39, 0.29) is 12.3 Å². The van der Waals surface area contributed by atoms with Crippen molar-refractivity contribution in [1.29, 1.82) is 0 Å². The Kier molecular flexibility index (Phi) is 4.29. The monoisotopic (exact) mass is 291 g/mol. The summed E-state index contributed by atoms with van der Waals surface area (Å²) in [6, 6.07) is 4.94. The fraction of sp³-hybridized carbons (Fsp3) is 0.231. The van der Waals surface area contributed by atoms with Gasteiger partial charge >= 0.3 is 5.97 Å². The van der Waals surface area contributed by atoms with Crippen LogP contribution in [0.15, 0.2) is 30.5 Å². The topological polar surface area (TPSA) is 115 Å². The number of carboxylic acid groups (broad SMARTS) is 1. The largest absolute Gasteiger partial charge is 0.480 e. The SMILES string of the molecule is COCC(Nc1ccc([N+](=O)[O-])c2cccnc12)C(=O)O. The van der Waals surface area contributed by atoms with Crippen molar-refractivity contribution < 1.29 is 19.6 Å². The Labute approximate surface area is 119 Å². The lowest BCUT2D eigenvalue weighted by Crippen LogP contribution is -2.33. The van der Waals surface area contributed by atoms with Crippen LogP contribution in [0, 0.1) is 10.1 Å². The number of nitro benzene ring substituents is 1. The van der Waals surface area contributed by atoms with Crippen molar-refractivity contribution >= 4 is 28.2 Å². The summed E-state index contributed by atoms with van der Waals surface area (Å²) < 4.78 is 4.84. The number of nitrogens with zero attached hydrogens (tertiary/aromatic N) is 2. The van der Waals surface area contributed by atoms with Gasteiger partial charge < -0.3 is 15.2 Å². The van der Waals surface area contributed by atoms with E-state index in [1.54, 1.807) is 12.1 Å². The Balaban J connectivity index is 2.48. The zero-order valence-corrected chi connectivity index (χ0v) is 11.1. The summed E-state index contributed by atoms with van der Waals surface area (Å²) in [4.78, 5) is 25.7. The van der Waals surface area contributed by atoms with Crippen LogP contribution in [-0.2, 0) is 9.53 Å². The number of carbonyl (C=O) groups is 1. The summed E-state index contributed by atoms with van der Waals surface area (Å²) in [6.07, 6.45) is 1.49. The Morgan fingerprint density at radius 2 is 2.29 bits per heavy atom. The summed E-state index contributed by atoms with van der Waals surface area (Å²) in [6.45, 7) is -0.0410. The highest BCUT2D eigenvalue weighted by molar-refractivity contribution is 5.97. The molecule has 2 aromatic rings. The van der Waals surface area contributed by atoms with Crippen LogP contribution >= 0.6 is 0 Å². The predicted octanol–water partition coefficient (Wildman–Crippen LogP) is 1.65. The van der Waals surface area contributed by atoms with E-state index < -0.39 is 16.9 Å². The predicted molar refractivity (Wildman–Crippen MR) is 75.3 cm³/mol. The first kappa shape index (κ1) is 14.7. The number of methoxy groups -OCH3 is 1. The summed E-state index contributed by atoms with van der Waals surface area (Å²) in [5, 5.41) is 23.2. The van der Waals surface area contributed by atoms with Crippen molar-refractivity contribution in [3.63, 3.8) is 0 Å². The van der Waals surface area contributed by atoms with Crippen molar-refractivity contribution in [3.05, 3.63) is 40.6 Å². The molecule has 2 rings (SSSR count). The van der Waals surface area contributed by atoms with Gasteiger partial charge in [0.25, 0.3) is 5.69 Å². The average molecular weight is 291 g/mol. The smallest absolute Gasteiger partial charge is 0.328 e. The highest BCUT2D eigenvalue weighted by Gasteiger charge is 2.20. The molecule has 0 saturated carbocycles. The second-order valence-electron chi connectivity index (χ2n) is 4.28. The van der Waals surface area contributed by atoms with Crippen LogP contribution in [0.2, 0.25) is 0 Å². The molecule has 0 radical (unpaired) electrons. The molecule has 0 amide bonds. The molecule has 0 aliphatic carbocycles. The number of aromatic nitrogens is 1. The minimum Gasteiger partial charge on any atom is -0.480 e. The molecule has 1 atom stereocenters. The van der Waals surface area contributed by atoms with E-state index in [0.29, 0.717) is 16.6 Å². The van der Waals surface area contributed by atoms with E-state index in [1.807, 2.05) is 0 Å². The third kappa shape index (κ3) is 3.06. The van der Waals surface area contributed by atoms with Gasteiger partial charge in [-0.25, -0.2) is 4.79 Å². The van der Waals surface area contributed by atoms with Crippen molar-refractivity contribution in [1.82, 2.24) is 4.98 Å². The van der Waals surface area contributed by atoms with Crippen LogP contribution in [0.4, 0.5) is 11.4 Å². The highest BCUT2D eigenvalue weighted by atomic mass is 16.6. The molecule has 0 bridgehead atoms. The van der Waals surface area contributed by atoms with Gasteiger partial charge in [-0.05, 0) is 18.2 Å². The summed E-state index contributed by atoms with van der Waals surface area (Å²) in [5.74, 6) is -1.08. The van der Waals surface area contributed by atoms with Gasteiger partial charge in [0.1, 0.15) is 11.6 Å². The lowest BCUT2D eigenvalue weighted by atomic mass is 10.1. The third-order valence-corrected chi connectivity index (χ3v) is 2.90. The number of nitro groups is 1. The summed E-state index contributed by atoms with van der Waals surface area (Å²) >= 11 is 0. The number of aliphatic carboxylic acids is 1. The number of non-ortho nitro benzene ring substituents is 1. The third-order valence-electron chi connectivity index (χ3n) is 2.90. The molecule has 2 N–H and O–H groups in total. The molecule has 1 aromatic heterocycles. The lowest BCUT2D eigenvalue weighted by molar-refractivity contribution is -0.383. The second kappa shape index (κ2) is 6.14. The number of nitrogens with one attached hydrogen (secondary N) is 1. The number of carboxylic acids is 1. The number of fused-ring (bicyclic) bond motifs is 1. The van der Waals surface area contributed by atoms with E-state index in [2.05, 4.69) is 10.3 Å². The van der Waals surface area contributed by atoms with Crippen LogP contribution in [-0.4, -0.2) is 40.7 Å². The molecule has 21 heavy (non-hydrogen) atoms. The van der Waals surface area contributed by atoms with Gasteiger partial charge in [-0.15, -0.1) is 0 Å². The normalized spacial score (nSPS) is 12.0. The van der Waals surface area contributed by atoms with E-state index in [1.165, 1.54) is 25.4 Å². The van der Waals surface area contributed by atoms with Crippen LogP contribution in [0.25, 0.3) is 10.9 Å². The Bertz CT molecular complexity index is 689. The van der Waals surface area contributed by atoms with Crippen LogP contribution in [0.3, 0.4) is 0 Å². The molecule has 0 aliphatic rings. The van der Waals surface area contributed by atoms with E-state index >= 15 is 0 Å². The van der Waals surface area contributed by atoms with Gasteiger partial charge in [0.15, 0.2) is 0 Å². The minimum absolute atomic E-state index is 0.0410. The Hall–Kier alpha value is -2.74. The highest BCUT2D eigenvalue weighted by Crippen LogP contribution is 2.30. The number of rotatable bonds is 6. The van der Waals surface area contributed by atoms with Crippen LogP contribution < -0.4 is 5.32 Å². The molecule has 1 heterocycles. The molecule has 0 saturated heterocycles. The molecule has 1 unspecified atom stereocenters. The zero-order chi connectivity index (χ0) is 15.4. The number of benzene rings is 1. The van der Waals surface area contributed by atoms with E-state index in [4.69, 9.17) is 9.84 Å². The van der Waals surface area contributed by atoms with E-state index in [9.17, 15) is 14.9 Å². The number of ether oxygens (including phenoxy) is 1. The van der Waals surface area contributed by atoms with Crippen molar-refractivity contribution in [2.45, 2.75) is 6.04 Å². The van der Waals surface area contributed by atoms with Gasteiger partial charge in [-0.1, -0.05) is 0 Å². The Morgan fingerprint density at radius 3 is 2.90 bits per heavy atom. The number of pyridine rings is 1. The fourth-order valence-electron chi connectivity index (χ4n) is 1.96. The van der Waals surface area contributed by atoms with Crippen LogP contribution in [0.1, 0.15) is 0 Å². The molecule has 1 aromatic carbocycles. The minimum atomic E-state index is -1.08. The van der Waals surface area contributed by atoms with Crippen molar-refractivity contribution in [2.24, 2.45) is 0 Å². The first-order valence-corrected chi connectivity index (χ1v) is 6.05. The summed E-state index contributed by atoms with van der Waals surface area (Å²) in [5.41, 5.74) is 0.664. The first-order valence-electron chi connectivity index (χ1n) is 6.05. The second-order valence-corrected chi connectivity index (χ2v) is 4.28. The van der Waals surface area contributed by atoms with Crippen molar-refractivity contribution in [3.8, 4) is 0 Å². The van der Waals surface area contributed by atoms with Gasteiger partial charge in [0.05, 0.1) is 22.6 Å². The van der Waals surface area contributed by atoms with Gasteiger partial charge in [-0.2, -0.15) is 0 Å². The molecule has 0 spiro atoms. The van der Waals surface area contributed by atoms with Crippen LogP contribution in [0.5, 0.6) is 0 Å². The number of hydrogen-bond donors (Lipinski definition) is 2. The maximum Gasteiger partial charge on any atom is 0.328 e. The van der Waals surface area contributed by atoms with Gasteiger partial charge in [0, 0.05) is 19.4 Å². The first-order chi connectivity index (χ1) is 10.0. The maximum atomic E-state index is 11.1. The molecule has 110 valence electrons. The molecule has 8 heteroatoms. The molecule has 8 nitrogen and oxygen atoms in total. The average Bonchev–Trinajstić information content (AvgIpc) is 2.46. The Morgan fingerprint density at radius 1 is 1.52 bits per heavy atom.